The fourth-order valence-electron chi connectivity index (χ4n) is 7.03. The molecule has 0 saturated carbocycles. The van der Waals surface area contributed by atoms with Crippen LogP contribution in [0.5, 0.6) is 0 Å². The molecule has 0 heterocycles. The van der Waals surface area contributed by atoms with Crippen LogP contribution in [0.1, 0.15) is 233 Å². The summed E-state index contributed by atoms with van der Waals surface area (Å²) in [6, 6.07) is -0.710. The van der Waals surface area contributed by atoms with Gasteiger partial charge in [0.2, 0.25) is 5.91 Å². The lowest BCUT2D eigenvalue weighted by Crippen LogP contribution is -2.46. The Kier molecular flexibility index (Phi) is 42.2. The molecular formula is C50H91NO5. The lowest BCUT2D eigenvalue weighted by atomic mass is 10.0. The number of carbonyl (C=O) groups is 2. The average Bonchev–Trinajstić information content (AvgIpc) is 3.19. The fraction of sp³-hybridized carbons (Fsp3) is 0.800. The lowest BCUT2D eigenvalue weighted by Gasteiger charge is -2.24. The molecule has 3 unspecified atom stereocenters. The van der Waals surface area contributed by atoms with E-state index in [0.717, 1.165) is 83.5 Å². The van der Waals surface area contributed by atoms with Crippen molar-refractivity contribution < 1.29 is 24.5 Å². The summed E-state index contributed by atoms with van der Waals surface area (Å²) in [4.78, 5) is 26.0. The number of hydrogen-bond donors (Lipinski definition) is 3. The largest absolute Gasteiger partial charge is 0.462 e. The number of esters is 1. The molecule has 0 aliphatic carbocycles. The number of allylic oxidation sites excluding steroid dienone is 8. The molecule has 0 aromatic heterocycles. The van der Waals surface area contributed by atoms with Crippen LogP contribution in [0.4, 0.5) is 0 Å². The van der Waals surface area contributed by atoms with Gasteiger partial charge in [0.25, 0.3) is 0 Å². The van der Waals surface area contributed by atoms with Crippen LogP contribution in [0.15, 0.2) is 48.6 Å². The van der Waals surface area contributed by atoms with Gasteiger partial charge >= 0.3 is 5.97 Å². The number of rotatable bonds is 42. The van der Waals surface area contributed by atoms with Crippen LogP contribution in [0, 0.1) is 0 Å². The molecule has 56 heavy (non-hydrogen) atoms. The molecule has 0 aliphatic rings. The van der Waals surface area contributed by atoms with Crippen LogP contribution in [0.3, 0.4) is 0 Å². The van der Waals surface area contributed by atoms with Gasteiger partial charge in [-0.15, -0.1) is 0 Å². The first-order valence-electron chi connectivity index (χ1n) is 23.9. The Morgan fingerprint density at radius 2 is 0.982 bits per heavy atom. The van der Waals surface area contributed by atoms with Crippen molar-refractivity contribution in [2.24, 2.45) is 0 Å². The van der Waals surface area contributed by atoms with Gasteiger partial charge in [-0.1, -0.05) is 191 Å². The minimum absolute atomic E-state index is 0.0513. The van der Waals surface area contributed by atoms with Crippen molar-refractivity contribution in [3.8, 4) is 0 Å². The average molecular weight is 786 g/mol. The minimum Gasteiger partial charge on any atom is -0.462 e. The highest BCUT2D eigenvalue weighted by Gasteiger charge is 2.24. The number of hydrogen-bond acceptors (Lipinski definition) is 5. The molecule has 0 saturated heterocycles. The van der Waals surface area contributed by atoms with Gasteiger partial charge in [-0.3, -0.25) is 9.59 Å². The Labute approximate surface area is 346 Å². The molecule has 3 atom stereocenters. The van der Waals surface area contributed by atoms with Gasteiger partial charge in [-0.2, -0.15) is 0 Å². The predicted molar refractivity (Wildman–Crippen MR) is 241 cm³/mol. The highest BCUT2D eigenvalue weighted by Crippen LogP contribution is 2.17. The summed E-state index contributed by atoms with van der Waals surface area (Å²) in [5.41, 5.74) is 0. The molecule has 0 aromatic rings. The van der Waals surface area contributed by atoms with Crippen LogP contribution in [0.25, 0.3) is 0 Å². The van der Waals surface area contributed by atoms with Gasteiger partial charge < -0.3 is 20.3 Å². The molecule has 6 heteroatoms. The normalized spacial score (nSPS) is 13.7. The maximum atomic E-state index is 13.1. The van der Waals surface area contributed by atoms with Crippen molar-refractivity contribution in [1.29, 1.82) is 0 Å². The van der Waals surface area contributed by atoms with E-state index < -0.39 is 18.2 Å². The van der Waals surface area contributed by atoms with Crippen molar-refractivity contribution in [1.82, 2.24) is 5.32 Å². The number of carbonyl (C=O) groups excluding carboxylic acids is 2. The number of aliphatic hydroxyl groups excluding tert-OH is 2. The van der Waals surface area contributed by atoms with Crippen molar-refractivity contribution in [2.45, 2.75) is 251 Å². The van der Waals surface area contributed by atoms with Gasteiger partial charge in [0.1, 0.15) is 6.10 Å². The molecule has 0 spiro atoms. The second-order valence-corrected chi connectivity index (χ2v) is 16.1. The maximum absolute atomic E-state index is 13.1. The Morgan fingerprint density at radius 1 is 0.536 bits per heavy atom. The molecule has 0 bridgehead atoms. The fourth-order valence-corrected chi connectivity index (χ4v) is 7.03. The zero-order chi connectivity index (χ0) is 41.0. The highest BCUT2D eigenvalue weighted by molar-refractivity contribution is 5.77. The number of unbranched alkanes of at least 4 members (excludes halogenated alkanes) is 22. The SMILES string of the molecule is CC/C=C/C/C=C/C/C=C/CCCCCCCCC(=O)OC(CCC/C=C\CCCCCCCC)CC(=O)NC(CO)C(O)CCCCCCCCCCCC. The first-order chi connectivity index (χ1) is 27.5. The molecule has 6 nitrogen and oxygen atoms in total. The van der Waals surface area contributed by atoms with Crippen molar-refractivity contribution in [3.63, 3.8) is 0 Å². The minimum atomic E-state index is -0.794. The quantitative estimate of drug-likeness (QED) is 0.0325. The van der Waals surface area contributed by atoms with E-state index in [-0.39, 0.29) is 24.9 Å². The number of nitrogens with one attached hydrogen (secondary N) is 1. The van der Waals surface area contributed by atoms with E-state index >= 15 is 0 Å². The van der Waals surface area contributed by atoms with E-state index in [1.165, 1.54) is 103 Å². The third kappa shape index (κ3) is 38.7. The Balaban J connectivity index is 4.60. The first-order valence-corrected chi connectivity index (χ1v) is 23.9. The van der Waals surface area contributed by atoms with E-state index in [1.807, 2.05) is 0 Å². The second-order valence-electron chi connectivity index (χ2n) is 16.1. The van der Waals surface area contributed by atoms with E-state index in [4.69, 9.17) is 4.74 Å². The summed E-state index contributed by atoms with van der Waals surface area (Å²) in [5, 5.41) is 23.6. The van der Waals surface area contributed by atoms with Crippen LogP contribution < -0.4 is 5.32 Å². The number of amides is 1. The Bertz CT molecular complexity index is 972. The molecule has 1 amide bonds. The van der Waals surface area contributed by atoms with E-state index in [2.05, 4.69) is 74.7 Å². The maximum Gasteiger partial charge on any atom is 0.306 e. The molecule has 3 N–H and O–H groups in total. The molecule has 0 rings (SSSR count). The zero-order valence-corrected chi connectivity index (χ0v) is 37.0. The third-order valence-corrected chi connectivity index (χ3v) is 10.6. The van der Waals surface area contributed by atoms with E-state index in [0.29, 0.717) is 19.3 Å². The van der Waals surface area contributed by atoms with Crippen molar-refractivity contribution in [2.75, 3.05) is 6.61 Å². The summed E-state index contributed by atoms with van der Waals surface area (Å²) in [6.07, 6.45) is 51.7. The smallest absolute Gasteiger partial charge is 0.306 e. The van der Waals surface area contributed by atoms with E-state index in [1.54, 1.807) is 0 Å². The molecule has 0 aromatic carbocycles. The van der Waals surface area contributed by atoms with Crippen LogP contribution in [0.2, 0.25) is 0 Å². The van der Waals surface area contributed by atoms with Gasteiger partial charge in [0.05, 0.1) is 25.2 Å². The molecule has 0 aliphatic heterocycles. The topological polar surface area (TPSA) is 95.9 Å². The van der Waals surface area contributed by atoms with E-state index in [9.17, 15) is 19.8 Å². The van der Waals surface area contributed by atoms with Crippen LogP contribution >= 0.6 is 0 Å². The van der Waals surface area contributed by atoms with Gasteiger partial charge in [0, 0.05) is 6.42 Å². The number of aliphatic hydroxyl groups is 2. The van der Waals surface area contributed by atoms with Crippen LogP contribution in [-0.4, -0.2) is 46.9 Å². The Morgan fingerprint density at radius 3 is 1.52 bits per heavy atom. The summed E-state index contributed by atoms with van der Waals surface area (Å²) in [7, 11) is 0. The third-order valence-electron chi connectivity index (χ3n) is 10.6. The molecule has 0 radical (unpaired) electrons. The predicted octanol–water partition coefficient (Wildman–Crippen LogP) is 13.9. The molecular weight excluding hydrogens is 695 g/mol. The lowest BCUT2D eigenvalue weighted by molar-refractivity contribution is -0.151. The van der Waals surface area contributed by atoms with Crippen LogP contribution in [-0.2, 0) is 14.3 Å². The summed E-state index contributed by atoms with van der Waals surface area (Å²) in [5.74, 6) is -0.518. The molecule has 0 fully saturated rings. The van der Waals surface area contributed by atoms with Gasteiger partial charge in [-0.25, -0.2) is 0 Å². The van der Waals surface area contributed by atoms with Gasteiger partial charge in [-0.05, 0) is 77.0 Å². The highest BCUT2D eigenvalue weighted by atomic mass is 16.5. The monoisotopic (exact) mass is 786 g/mol. The summed E-state index contributed by atoms with van der Waals surface area (Å²) < 4.78 is 5.89. The zero-order valence-electron chi connectivity index (χ0n) is 37.0. The second kappa shape index (κ2) is 43.9. The first kappa shape index (κ1) is 53.8. The van der Waals surface area contributed by atoms with Crippen molar-refractivity contribution in [3.05, 3.63) is 48.6 Å². The summed E-state index contributed by atoms with van der Waals surface area (Å²) >= 11 is 0. The number of ether oxygens (including phenoxy) is 1. The van der Waals surface area contributed by atoms with Gasteiger partial charge in [0.15, 0.2) is 0 Å². The Hall–Kier alpha value is -2.18. The molecule has 326 valence electrons. The summed E-state index contributed by atoms with van der Waals surface area (Å²) in [6.45, 7) is 6.33. The standard InChI is InChI=1S/C50H91NO5/c1-4-7-10-13-16-19-22-23-24-25-26-28-31-34-37-40-43-50(55)56-46(41-38-35-32-29-27-20-17-14-11-8-5-2)44-49(54)51-47(45-52)48(53)42-39-36-33-30-21-18-15-12-9-6-3/h7,10,16,19,23-24,29,32,46-48,52-53H,4-6,8-9,11-15,17-18,20-22,25-28,30-31,33-45H2,1-3H3,(H,51,54)/b10-7+,19-16+,24-23+,32-29-. The van der Waals surface area contributed by atoms with Crippen molar-refractivity contribution >= 4 is 11.9 Å².